The monoisotopic (exact) mass is 385 g/mol. The van der Waals surface area contributed by atoms with Crippen molar-refractivity contribution >= 4 is 23.4 Å². The molecule has 0 bridgehead atoms. The SMILES string of the molecule is O=C(NCCc1ccc(Cl)cc1)c1cccc(C(=O)N2CCCCCC2)n1. The molecule has 27 heavy (non-hydrogen) atoms. The van der Waals surface area contributed by atoms with Gasteiger partial charge < -0.3 is 10.2 Å². The van der Waals surface area contributed by atoms with E-state index < -0.39 is 0 Å². The largest absolute Gasteiger partial charge is 0.350 e. The minimum Gasteiger partial charge on any atom is -0.350 e. The van der Waals surface area contributed by atoms with E-state index in [1.165, 1.54) is 0 Å². The Morgan fingerprint density at radius 2 is 1.63 bits per heavy atom. The Hall–Kier alpha value is -2.40. The van der Waals surface area contributed by atoms with Gasteiger partial charge in [0.05, 0.1) is 0 Å². The van der Waals surface area contributed by atoms with Gasteiger partial charge in [0.15, 0.2) is 0 Å². The van der Waals surface area contributed by atoms with Crippen LogP contribution >= 0.6 is 11.6 Å². The molecule has 2 heterocycles. The molecule has 6 heteroatoms. The van der Waals surface area contributed by atoms with Crippen molar-refractivity contribution in [2.75, 3.05) is 19.6 Å². The van der Waals surface area contributed by atoms with Crippen LogP contribution < -0.4 is 5.32 Å². The summed E-state index contributed by atoms with van der Waals surface area (Å²) in [6, 6.07) is 12.6. The average Bonchev–Trinajstić information content (AvgIpc) is 2.98. The molecule has 1 aromatic carbocycles. The number of pyridine rings is 1. The molecule has 1 saturated heterocycles. The van der Waals surface area contributed by atoms with E-state index in [0.717, 1.165) is 44.3 Å². The Morgan fingerprint density at radius 3 is 2.33 bits per heavy atom. The minimum atomic E-state index is -0.269. The van der Waals surface area contributed by atoms with E-state index >= 15 is 0 Å². The molecule has 3 rings (SSSR count). The first kappa shape index (κ1) is 19.4. The van der Waals surface area contributed by atoms with Gasteiger partial charge in [0.25, 0.3) is 11.8 Å². The van der Waals surface area contributed by atoms with Gasteiger partial charge >= 0.3 is 0 Å². The fourth-order valence-corrected chi connectivity index (χ4v) is 3.30. The number of carbonyl (C=O) groups excluding carboxylic acids is 2. The second kappa shape index (κ2) is 9.51. The van der Waals surface area contributed by atoms with Gasteiger partial charge in [-0.3, -0.25) is 9.59 Å². The summed E-state index contributed by atoms with van der Waals surface area (Å²) in [6.45, 7) is 2.02. The van der Waals surface area contributed by atoms with Gasteiger partial charge in [-0.1, -0.05) is 42.6 Å². The summed E-state index contributed by atoms with van der Waals surface area (Å²) in [7, 11) is 0. The molecule has 1 N–H and O–H groups in total. The van der Waals surface area contributed by atoms with Gasteiger partial charge in [0.1, 0.15) is 11.4 Å². The smallest absolute Gasteiger partial charge is 0.272 e. The van der Waals surface area contributed by atoms with Crippen molar-refractivity contribution in [3.8, 4) is 0 Å². The molecule has 1 aromatic heterocycles. The third kappa shape index (κ3) is 5.54. The first-order valence-electron chi connectivity index (χ1n) is 9.42. The summed E-state index contributed by atoms with van der Waals surface area (Å²) in [5.74, 6) is -0.359. The molecular formula is C21H24ClN3O2. The first-order valence-corrected chi connectivity index (χ1v) is 9.80. The van der Waals surface area contributed by atoms with Crippen LogP contribution in [0, 0.1) is 0 Å². The number of benzene rings is 1. The van der Waals surface area contributed by atoms with Gasteiger partial charge in [-0.05, 0) is 49.1 Å². The number of rotatable bonds is 5. The van der Waals surface area contributed by atoms with E-state index in [4.69, 9.17) is 11.6 Å². The number of nitrogens with one attached hydrogen (secondary N) is 1. The molecule has 5 nitrogen and oxygen atoms in total. The van der Waals surface area contributed by atoms with Crippen molar-refractivity contribution in [2.45, 2.75) is 32.1 Å². The molecule has 0 spiro atoms. The highest BCUT2D eigenvalue weighted by atomic mass is 35.5. The number of aromatic nitrogens is 1. The quantitative estimate of drug-likeness (QED) is 0.853. The van der Waals surface area contributed by atoms with E-state index in [1.54, 1.807) is 18.2 Å². The minimum absolute atomic E-state index is 0.0901. The van der Waals surface area contributed by atoms with Crippen LogP contribution in [0.25, 0.3) is 0 Å². The topological polar surface area (TPSA) is 62.3 Å². The number of halogens is 1. The zero-order chi connectivity index (χ0) is 19.1. The molecular weight excluding hydrogens is 362 g/mol. The van der Waals surface area contributed by atoms with Gasteiger partial charge in [-0.2, -0.15) is 0 Å². The van der Waals surface area contributed by atoms with Crippen molar-refractivity contribution in [3.63, 3.8) is 0 Å². The fraction of sp³-hybridized carbons (Fsp3) is 0.381. The molecule has 1 aliphatic heterocycles. The Kier molecular flexibility index (Phi) is 6.82. The highest BCUT2D eigenvalue weighted by Gasteiger charge is 2.19. The third-order valence-corrected chi connectivity index (χ3v) is 4.96. The lowest BCUT2D eigenvalue weighted by Gasteiger charge is -2.19. The van der Waals surface area contributed by atoms with Crippen LogP contribution in [0.15, 0.2) is 42.5 Å². The average molecular weight is 386 g/mol. The number of amides is 2. The lowest BCUT2D eigenvalue weighted by atomic mass is 10.1. The van der Waals surface area contributed by atoms with E-state index in [-0.39, 0.29) is 17.5 Å². The summed E-state index contributed by atoms with van der Waals surface area (Å²) in [4.78, 5) is 31.2. The molecule has 2 amide bonds. The Morgan fingerprint density at radius 1 is 0.963 bits per heavy atom. The van der Waals surface area contributed by atoms with Gasteiger partial charge in [0, 0.05) is 24.7 Å². The van der Waals surface area contributed by atoms with Crippen LogP contribution in [0.1, 0.15) is 52.2 Å². The molecule has 0 saturated carbocycles. The molecule has 0 atom stereocenters. The number of hydrogen-bond acceptors (Lipinski definition) is 3. The van der Waals surface area contributed by atoms with Crippen molar-refractivity contribution in [1.82, 2.24) is 15.2 Å². The van der Waals surface area contributed by atoms with Gasteiger partial charge in [-0.25, -0.2) is 4.98 Å². The zero-order valence-corrected chi connectivity index (χ0v) is 16.0. The summed E-state index contributed by atoms with van der Waals surface area (Å²) < 4.78 is 0. The van der Waals surface area contributed by atoms with Gasteiger partial charge in [0.2, 0.25) is 0 Å². The predicted molar refractivity (Wildman–Crippen MR) is 106 cm³/mol. The fourth-order valence-electron chi connectivity index (χ4n) is 3.18. The van der Waals surface area contributed by atoms with Crippen LogP contribution in [0.4, 0.5) is 0 Å². The molecule has 1 fully saturated rings. The van der Waals surface area contributed by atoms with E-state index in [1.807, 2.05) is 29.2 Å². The molecule has 2 aromatic rings. The number of hydrogen-bond donors (Lipinski definition) is 1. The summed E-state index contributed by atoms with van der Waals surface area (Å²) >= 11 is 5.87. The van der Waals surface area contributed by atoms with E-state index in [0.29, 0.717) is 23.7 Å². The summed E-state index contributed by atoms with van der Waals surface area (Å²) in [5, 5.41) is 3.55. The molecule has 0 unspecified atom stereocenters. The third-order valence-electron chi connectivity index (χ3n) is 4.71. The van der Waals surface area contributed by atoms with Crippen LogP contribution in [-0.2, 0) is 6.42 Å². The lowest BCUT2D eigenvalue weighted by Crippen LogP contribution is -2.33. The van der Waals surface area contributed by atoms with E-state index in [9.17, 15) is 9.59 Å². The summed E-state index contributed by atoms with van der Waals surface area (Å²) in [5.41, 5.74) is 1.70. The second-order valence-corrected chi connectivity index (χ2v) is 7.18. The van der Waals surface area contributed by atoms with Crippen molar-refractivity contribution < 1.29 is 9.59 Å². The zero-order valence-electron chi connectivity index (χ0n) is 15.3. The normalized spacial score (nSPS) is 14.5. The summed E-state index contributed by atoms with van der Waals surface area (Å²) in [6.07, 6.45) is 5.07. The van der Waals surface area contributed by atoms with Crippen LogP contribution in [0.5, 0.6) is 0 Å². The molecule has 1 aliphatic rings. The Balaban J connectivity index is 1.57. The lowest BCUT2D eigenvalue weighted by molar-refractivity contribution is 0.0755. The number of carbonyl (C=O) groups is 2. The molecule has 0 radical (unpaired) electrons. The number of likely N-dealkylation sites (tertiary alicyclic amines) is 1. The van der Waals surface area contributed by atoms with Crippen molar-refractivity contribution in [2.24, 2.45) is 0 Å². The maximum atomic E-state index is 12.7. The second-order valence-electron chi connectivity index (χ2n) is 6.75. The highest BCUT2D eigenvalue weighted by molar-refractivity contribution is 6.30. The number of nitrogens with zero attached hydrogens (tertiary/aromatic N) is 2. The Bertz CT molecular complexity index is 784. The van der Waals surface area contributed by atoms with Gasteiger partial charge in [-0.15, -0.1) is 0 Å². The van der Waals surface area contributed by atoms with E-state index in [2.05, 4.69) is 10.3 Å². The van der Waals surface area contributed by atoms with Crippen LogP contribution in [0.3, 0.4) is 0 Å². The highest BCUT2D eigenvalue weighted by Crippen LogP contribution is 2.13. The van der Waals surface area contributed by atoms with Crippen LogP contribution in [-0.4, -0.2) is 41.3 Å². The standard InChI is InChI=1S/C21H24ClN3O2/c22-17-10-8-16(9-11-17)12-13-23-20(26)18-6-5-7-19(24-18)21(27)25-14-3-1-2-4-15-25/h5-11H,1-4,12-15H2,(H,23,26). The predicted octanol–water partition coefficient (Wildman–Crippen LogP) is 3.72. The maximum absolute atomic E-state index is 12.7. The molecule has 0 aliphatic carbocycles. The first-order chi connectivity index (χ1) is 13.1. The van der Waals surface area contributed by atoms with Crippen molar-refractivity contribution in [1.29, 1.82) is 0 Å². The maximum Gasteiger partial charge on any atom is 0.272 e. The van der Waals surface area contributed by atoms with Crippen LogP contribution in [0.2, 0.25) is 5.02 Å². The molecule has 142 valence electrons. The Labute approximate surface area is 164 Å². The van der Waals surface area contributed by atoms with Crippen molar-refractivity contribution in [3.05, 3.63) is 64.4 Å².